The van der Waals surface area contributed by atoms with Crippen LogP contribution >= 0.6 is 15.9 Å². The van der Waals surface area contributed by atoms with E-state index in [0.717, 1.165) is 18.9 Å². The van der Waals surface area contributed by atoms with Gasteiger partial charge in [-0.2, -0.15) is 0 Å². The summed E-state index contributed by atoms with van der Waals surface area (Å²) in [6.07, 6.45) is 1.66. The molecule has 3 nitrogen and oxygen atoms in total. The molecule has 0 bridgehead atoms. The lowest BCUT2D eigenvalue weighted by atomic mass is 10.1. The molecule has 0 amide bonds. The Bertz CT molecular complexity index is 766. The molecule has 1 aliphatic rings. The molecule has 1 aromatic heterocycles. The Morgan fingerprint density at radius 3 is 2.58 bits per heavy atom. The number of fused-ring (bicyclic) bond motifs is 1. The SMILES string of the molecule is Cc1c(Br)c(F)c(F)c2c(O)cc(=O)n(C3CC3)c12. The fourth-order valence-electron chi connectivity index (χ4n) is 2.37. The number of nitrogens with zero attached hydrogens (tertiary/aromatic N) is 1. The largest absolute Gasteiger partial charge is 0.507 e. The Morgan fingerprint density at radius 1 is 1.37 bits per heavy atom. The maximum absolute atomic E-state index is 14.0. The predicted octanol–water partition coefficient (Wildman–Crippen LogP) is 3.39. The second kappa shape index (κ2) is 4.03. The third kappa shape index (κ3) is 1.69. The van der Waals surface area contributed by atoms with E-state index < -0.39 is 22.9 Å². The van der Waals surface area contributed by atoms with Crippen LogP contribution < -0.4 is 5.56 Å². The second-order valence-corrected chi connectivity index (χ2v) is 5.55. The Labute approximate surface area is 115 Å². The zero-order valence-corrected chi connectivity index (χ0v) is 11.6. The molecule has 0 aliphatic heterocycles. The minimum atomic E-state index is -1.14. The summed E-state index contributed by atoms with van der Waals surface area (Å²) in [5.74, 6) is -2.72. The number of aryl methyl sites for hydroxylation is 1. The number of aromatic hydroxyl groups is 1. The van der Waals surface area contributed by atoms with Gasteiger partial charge in [0, 0.05) is 12.1 Å². The normalized spacial score (nSPS) is 15.2. The lowest BCUT2D eigenvalue weighted by molar-refractivity contribution is 0.467. The van der Waals surface area contributed by atoms with Gasteiger partial charge < -0.3 is 9.67 Å². The van der Waals surface area contributed by atoms with Crippen molar-refractivity contribution in [1.82, 2.24) is 4.57 Å². The predicted molar refractivity (Wildman–Crippen MR) is 70.5 cm³/mol. The molecule has 1 aliphatic carbocycles. The summed E-state index contributed by atoms with van der Waals surface area (Å²) in [4.78, 5) is 12.0. The van der Waals surface area contributed by atoms with E-state index in [2.05, 4.69) is 15.9 Å². The molecule has 0 atom stereocenters. The summed E-state index contributed by atoms with van der Waals surface area (Å²) >= 11 is 2.99. The fraction of sp³-hybridized carbons (Fsp3) is 0.308. The Balaban J connectivity index is 2.60. The first-order valence-corrected chi connectivity index (χ1v) is 6.64. The molecule has 1 heterocycles. The molecule has 1 fully saturated rings. The van der Waals surface area contributed by atoms with Crippen LogP contribution in [0.1, 0.15) is 24.4 Å². The van der Waals surface area contributed by atoms with Crippen LogP contribution in [0.3, 0.4) is 0 Å². The van der Waals surface area contributed by atoms with Crippen molar-refractivity contribution >= 4 is 26.8 Å². The van der Waals surface area contributed by atoms with E-state index in [1.165, 1.54) is 4.57 Å². The minimum Gasteiger partial charge on any atom is -0.507 e. The lowest BCUT2D eigenvalue weighted by Gasteiger charge is -2.15. The highest BCUT2D eigenvalue weighted by molar-refractivity contribution is 9.10. The van der Waals surface area contributed by atoms with Crippen LogP contribution in [0.25, 0.3) is 10.9 Å². The summed E-state index contributed by atoms with van der Waals surface area (Å²) in [7, 11) is 0. The van der Waals surface area contributed by atoms with Crippen molar-refractivity contribution in [2.24, 2.45) is 0 Å². The Morgan fingerprint density at radius 2 is 2.00 bits per heavy atom. The monoisotopic (exact) mass is 329 g/mol. The molecule has 19 heavy (non-hydrogen) atoms. The van der Waals surface area contributed by atoms with E-state index in [1.807, 2.05) is 0 Å². The summed E-state index contributed by atoms with van der Waals surface area (Å²) < 4.78 is 29.2. The van der Waals surface area contributed by atoms with Crippen molar-refractivity contribution in [2.45, 2.75) is 25.8 Å². The van der Waals surface area contributed by atoms with Crippen LogP contribution in [0.5, 0.6) is 5.75 Å². The summed E-state index contributed by atoms with van der Waals surface area (Å²) in [5, 5.41) is 9.53. The van der Waals surface area contributed by atoms with Gasteiger partial charge in [-0.3, -0.25) is 4.79 Å². The molecule has 1 aromatic carbocycles. The van der Waals surface area contributed by atoms with Crippen LogP contribution in [0, 0.1) is 18.6 Å². The van der Waals surface area contributed by atoms with E-state index in [-0.39, 0.29) is 21.4 Å². The molecular weight excluding hydrogens is 320 g/mol. The van der Waals surface area contributed by atoms with Crippen molar-refractivity contribution in [1.29, 1.82) is 0 Å². The van der Waals surface area contributed by atoms with E-state index in [4.69, 9.17) is 0 Å². The third-order valence-corrected chi connectivity index (χ3v) is 4.38. The van der Waals surface area contributed by atoms with Crippen molar-refractivity contribution in [3.63, 3.8) is 0 Å². The first-order chi connectivity index (χ1) is 8.93. The van der Waals surface area contributed by atoms with E-state index in [0.29, 0.717) is 5.56 Å². The van der Waals surface area contributed by atoms with Crippen molar-refractivity contribution in [3.8, 4) is 5.75 Å². The molecule has 0 spiro atoms. The average Bonchev–Trinajstić information content (AvgIpc) is 3.17. The highest BCUT2D eigenvalue weighted by atomic mass is 79.9. The lowest BCUT2D eigenvalue weighted by Crippen LogP contribution is -2.20. The molecule has 2 aromatic rings. The van der Waals surface area contributed by atoms with E-state index in [9.17, 15) is 18.7 Å². The second-order valence-electron chi connectivity index (χ2n) is 4.76. The molecular formula is C13H10BrF2NO2. The zero-order valence-electron chi connectivity index (χ0n) is 10.0. The molecule has 3 rings (SSSR count). The molecule has 100 valence electrons. The number of hydrogen-bond acceptors (Lipinski definition) is 2. The van der Waals surface area contributed by atoms with Gasteiger partial charge in [0.05, 0.1) is 15.4 Å². The van der Waals surface area contributed by atoms with Gasteiger partial charge in [0.2, 0.25) is 0 Å². The molecule has 0 unspecified atom stereocenters. The zero-order chi connectivity index (χ0) is 13.9. The topological polar surface area (TPSA) is 42.2 Å². The van der Waals surface area contributed by atoms with Gasteiger partial charge in [0.25, 0.3) is 5.56 Å². The van der Waals surface area contributed by atoms with E-state index >= 15 is 0 Å². The number of hydrogen-bond donors (Lipinski definition) is 1. The number of pyridine rings is 1. The van der Waals surface area contributed by atoms with Gasteiger partial charge in [0.1, 0.15) is 5.75 Å². The summed E-state index contributed by atoms with van der Waals surface area (Å²) in [5.41, 5.74) is 0.278. The molecule has 1 saturated carbocycles. The summed E-state index contributed by atoms with van der Waals surface area (Å²) in [6.45, 7) is 1.59. The summed E-state index contributed by atoms with van der Waals surface area (Å²) in [6, 6.07) is 0.947. The van der Waals surface area contributed by atoms with Gasteiger partial charge in [-0.05, 0) is 41.3 Å². The van der Waals surface area contributed by atoms with Crippen LogP contribution in [0.2, 0.25) is 0 Å². The number of halogens is 3. The quantitative estimate of drug-likeness (QED) is 0.815. The molecule has 6 heteroatoms. The van der Waals surface area contributed by atoms with Gasteiger partial charge in [-0.15, -0.1) is 0 Å². The first-order valence-electron chi connectivity index (χ1n) is 5.84. The van der Waals surface area contributed by atoms with Gasteiger partial charge in [-0.25, -0.2) is 8.78 Å². The Hall–Kier alpha value is -1.43. The van der Waals surface area contributed by atoms with Crippen molar-refractivity contribution < 1.29 is 13.9 Å². The van der Waals surface area contributed by atoms with Crippen LogP contribution in [-0.2, 0) is 0 Å². The van der Waals surface area contributed by atoms with Crippen LogP contribution in [-0.4, -0.2) is 9.67 Å². The van der Waals surface area contributed by atoms with Crippen molar-refractivity contribution in [3.05, 3.63) is 38.1 Å². The van der Waals surface area contributed by atoms with Crippen LogP contribution in [0.15, 0.2) is 15.3 Å². The minimum absolute atomic E-state index is 0.00561. The number of aromatic nitrogens is 1. The smallest absolute Gasteiger partial charge is 0.255 e. The van der Waals surface area contributed by atoms with Crippen molar-refractivity contribution in [2.75, 3.05) is 0 Å². The van der Waals surface area contributed by atoms with Crippen LogP contribution in [0.4, 0.5) is 8.78 Å². The maximum Gasteiger partial charge on any atom is 0.255 e. The standard InChI is InChI=1S/C13H10BrF2NO2/c1-5-10(14)12(16)11(15)9-7(18)4-8(19)17(13(5)9)6-2-3-6/h4,6,18H,2-3H2,1H3. The van der Waals surface area contributed by atoms with E-state index in [1.54, 1.807) is 6.92 Å². The first kappa shape index (κ1) is 12.6. The highest BCUT2D eigenvalue weighted by Crippen LogP contribution is 2.41. The van der Waals surface area contributed by atoms with Gasteiger partial charge in [0.15, 0.2) is 11.6 Å². The highest BCUT2D eigenvalue weighted by Gasteiger charge is 2.30. The third-order valence-electron chi connectivity index (χ3n) is 3.43. The molecule has 0 saturated heterocycles. The number of rotatable bonds is 1. The molecule has 1 N–H and O–H groups in total. The maximum atomic E-state index is 14.0. The van der Waals surface area contributed by atoms with Gasteiger partial charge in [-0.1, -0.05) is 0 Å². The fourth-order valence-corrected chi connectivity index (χ4v) is 2.73. The van der Waals surface area contributed by atoms with Gasteiger partial charge >= 0.3 is 0 Å². The Kier molecular flexibility index (Phi) is 2.67. The molecule has 0 radical (unpaired) electrons. The average molecular weight is 330 g/mol. The number of benzene rings is 1.